The zero-order valence-corrected chi connectivity index (χ0v) is 12.8. The summed E-state index contributed by atoms with van der Waals surface area (Å²) >= 11 is 3.63. The summed E-state index contributed by atoms with van der Waals surface area (Å²) in [5.41, 5.74) is 4.35. The zero-order valence-electron chi connectivity index (χ0n) is 11.2. The number of hydrogen-bond donors (Lipinski definition) is 0. The van der Waals surface area contributed by atoms with Crippen LogP contribution in [-0.2, 0) is 0 Å². The van der Waals surface area contributed by atoms with Crippen LogP contribution in [0, 0.1) is 13.8 Å². The molecule has 0 aliphatic heterocycles. The minimum Gasteiger partial charge on any atom is -0.435 e. The van der Waals surface area contributed by atoms with E-state index in [1.54, 1.807) is 12.1 Å². The van der Waals surface area contributed by atoms with E-state index in [4.69, 9.17) is 0 Å². The maximum absolute atomic E-state index is 12.3. The average Bonchev–Trinajstić information content (AvgIpc) is 2.37. The Balaban J connectivity index is 2.30. The summed E-state index contributed by atoms with van der Waals surface area (Å²) in [6, 6.07) is 12.9. The van der Waals surface area contributed by atoms with Crippen molar-refractivity contribution in [1.82, 2.24) is 0 Å². The van der Waals surface area contributed by atoms with Crippen molar-refractivity contribution in [3.63, 3.8) is 0 Å². The highest BCUT2D eigenvalue weighted by atomic mass is 79.9. The topological polar surface area (TPSA) is 9.23 Å². The Morgan fingerprint density at radius 1 is 1.05 bits per heavy atom. The number of benzene rings is 2. The summed E-state index contributed by atoms with van der Waals surface area (Å²) in [6.07, 6.45) is 0. The molecule has 0 heterocycles. The van der Waals surface area contributed by atoms with Gasteiger partial charge in [0.1, 0.15) is 5.75 Å². The molecule has 2 rings (SSSR count). The Hall–Kier alpha value is -1.42. The maximum Gasteiger partial charge on any atom is 0.387 e. The van der Waals surface area contributed by atoms with Crippen LogP contribution in [0.4, 0.5) is 8.78 Å². The quantitative estimate of drug-likeness (QED) is 0.678. The molecule has 0 aromatic heterocycles. The molecule has 0 amide bonds. The molecular weight excluding hydrogens is 326 g/mol. The smallest absolute Gasteiger partial charge is 0.387 e. The van der Waals surface area contributed by atoms with Crippen LogP contribution in [0.5, 0.6) is 5.75 Å². The maximum atomic E-state index is 12.3. The van der Waals surface area contributed by atoms with E-state index in [1.165, 1.54) is 11.6 Å². The minimum absolute atomic E-state index is 0.0516. The molecule has 0 fully saturated rings. The molecule has 0 aliphatic carbocycles. The lowest BCUT2D eigenvalue weighted by molar-refractivity contribution is -0.0498. The molecule has 106 valence electrons. The lowest BCUT2D eigenvalue weighted by Crippen LogP contribution is -2.03. The molecule has 20 heavy (non-hydrogen) atoms. The molecule has 4 heteroatoms. The summed E-state index contributed by atoms with van der Waals surface area (Å²) in [6.45, 7) is 1.27. The predicted molar refractivity (Wildman–Crippen MR) is 79.8 cm³/mol. The summed E-state index contributed by atoms with van der Waals surface area (Å²) < 4.78 is 28.9. The van der Waals surface area contributed by atoms with Crippen molar-refractivity contribution in [3.05, 3.63) is 64.7 Å². The van der Waals surface area contributed by atoms with Crippen molar-refractivity contribution in [2.24, 2.45) is 0 Å². The highest BCUT2D eigenvalue weighted by Crippen LogP contribution is 2.34. The number of ether oxygens (including phenoxy) is 1. The molecule has 2 aromatic rings. The standard InChI is InChI=1S/C16H15BrF2O/c1-10-6-7-14(11(2)8-10)15(17)12-4-3-5-13(9-12)20-16(18)19/h3-9,15-16H,1-2H3. The first-order valence-electron chi connectivity index (χ1n) is 6.23. The van der Waals surface area contributed by atoms with Gasteiger partial charge in [-0.1, -0.05) is 51.8 Å². The normalized spacial score (nSPS) is 12.5. The largest absolute Gasteiger partial charge is 0.435 e. The van der Waals surface area contributed by atoms with Gasteiger partial charge in [-0.2, -0.15) is 8.78 Å². The Bertz CT molecular complexity index is 599. The number of aryl methyl sites for hydroxylation is 2. The fraction of sp³-hybridized carbons (Fsp3) is 0.250. The van der Waals surface area contributed by atoms with Gasteiger partial charge in [0, 0.05) is 0 Å². The van der Waals surface area contributed by atoms with Gasteiger partial charge in [-0.25, -0.2) is 0 Å². The molecule has 0 N–H and O–H groups in total. The van der Waals surface area contributed by atoms with Gasteiger partial charge in [-0.05, 0) is 42.7 Å². The van der Waals surface area contributed by atoms with Gasteiger partial charge in [0.15, 0.2) is 0 Å². The lowest BCUT2D eigenvalue weighted by atomic mass is 9.99. The summed E-state index contributed by atoms with van der Waals surface area (Å²) in [5, 5.41) is 0. The van der Waals surface area contributed by atoms with Crippen LogP contribution in [0.3, 0.4) is 0 Å². The van der Waals surface area contributed by atoms with Crippen molar-refractivity contribution in [3.8, 4) is 5.75 Å². The fourth-order valence-corrected chi connectivity index (χ4v) is 2.94. The third-order valence-corrected chi connectivity index (χ3v) is 4.10. The molecular formula is C16H15BrF2O. The molecule has 0 bridgehead atoms. The van der Waals surface area contributed by atoms with Gasteiger partial charge in [-0.15, -0.1) is 0 Å². The highest BCUT2D eigenvalue weighted by Gasteiger charge is 2.14. The fourth-order valence-electron chi connectivity index (χ4n) is 2.14. The van der Waals surface area contributed by atoms with E-state index < -0.39 is 6.61 Å². The van der Waals surface area contributed by atoms with Gasteiger partial charge in [-0.3, -0.25) is 0 Å². The van der Waals surface area contributed by atoms with Crippen LogP contribution in [0.2, 0.25) is 0 Å². The molecule has 0 aliphatic rings. The second kappa shape index (κ2) is 6.35. The lowest BCUT2D eigenvalue weighted by Gasteiger charge is -2.15. The molecule has 0 radical (unpaired) electrons. The SMILES string of the molecule is Cc1ccc(C(Br)c2cccc(OC(F)F)c2)c(C)c1. The van der Waals surface area contributed by atoms with Gasteiger partial charge in [0.05, 0.1) is 4.83 Å². The third-order valence-electron chi connectivity index (χ3n) is 3.07. The molecule has 0 saturated heterocycles. The van der Waals surface area contributed by atoms with E-state index in [1.807, 2.05) is 32.0 Å². The second-order valence-corrected chi connectivity index (χ2v) is 5.59. The highest BCUT2D eigenvalue weighted by molar-refractivity contribution is 9.09. The molecule has 2 aromatic carbocycles. The first-order chi connectivity index (χ1) is 9.47. The van der Waals surface area contributed by atoms with E-state index in [0.29, 0.717) is 0 Å². The first kappa shape index (κ1) is 15.0. The van der Waals surface area contributed by atoms with E-state index in [2.05, 4.69) is 26.7 Å². The van der Waals surface area contributed by atoms with Gasteiger partial charge in [0.25, 0.3) is 0 Å². The first-order valence-corrected chi connectivity index (χ1v) is 7.15. The summed E-state index contributed by atoms with van der Waals surface area (Å²) in [5.74, 6) is 0.173. The molecule has 0 spiro atoms. The Kier molecular flexibility index (Phi) is 4.76. The van der Waals surface area contributed by atoms with Crippen molar-refractivity contribution in [2.75, 3.05) is 0 Å². The molecule has 1 unspecified atom stereocenters. The predicted octanol–water partition coefficient (Wildman–Crippen LogP) is 5.39. The van der Waals surface area contributed by atoms with Crippen LogP contribution in [0.25, 0.3) is 0 Å². The van der Waals surface area contributed by atoms with E-state index >= 15 is 0 Å². The average molecular weight is 341 g/mol. The molecule has 1 atom stereocenters. The van der Waals surface area contributed by atoms with Crippen molar-refractivity contribution < 1.29 is 13.5 Å². The summed E-state index contributed by atoms with van der Waals surface area (Å²) in [4.78, 5) is -0.0516. The Labute approximate surface area is 125 Å². The van der Waals surface area contributed by atoms with Gasteiger partial charge in [0.2, 0.25) is 0 Å². The van der Waals surface area contributed by atoms with E-state index in [9.17, 15) is 8.78 Å². The van der Waals surface area contributed by atoms with Gasteiger partial charge >= 0.3 is 6.61 Å². The van der Waals surface area contributed by atoms with Crippen LogP contribution in [-0.4, -0.2) is 6.61 Å². The zero-order chi connectivity index (χ0) is 14.7. The van der Waals surface area contributed by atoms with Crippen LogP contribution < -0.4 is 4.74 Å². The van der Waals surface area contributed by atoms with Crippen molar-refractivity contribution >= 4 is 15.9 Å². The van der Waals surface area contributed by atoms with Crippen LogP contribution >= 0.6 is 15.9 Å². The van der Waals surface area contributed by atoms with Gasteiger partial charge < -0.3 is 4.74 Å². The van der Waals surface area contributed by atoms with Crippen molar-refractivity contribution in [1.29, 1.82) is 0 Å². The van der Waals surface area contributed by atoms with Crippen molar-refractivity contribution in [2.45, 2.75) is 25.3 Å². The Morgan fingerprint density at radius 3 is 2.45 bits per heavy atom. The number of alkyl halides is 3. The summed E-state index contributed by atoms with van der Waals surface area (Å²) in [7, 11) is 0. The van der Waals surface area contributed by atoms with Crippen LogP contribution in [0.15, 0.2) is 42.5 Å². The molecule has 0 saturated carbocycles. The molecule has 1 nitrogen and oxygen atoms in total. The van der Waals surface area contributed by atoms with E-state index in [-0.39, 0.29) is 10.6 Å². The van der Waals surface area contributed by atoms with Crippen LogP contribution in [0.1, 0.15) is 27.1 Å². The van der Waals surface area contributed by atoms with E-state index in [0.717, 1.165) is 16.7 Å². The number of halogens is 3. The number of rotatable bonds is 4. The minimum atomic E-state index is -2.81. The monoisotopic (exact) mass is 340 g/mol. The number of hydrogen-bond acceptors (Lipinski definition) is 1. The Morgan fingerprint density at radius 2 is 1.80 bits per heavy atom. The second-order valence-electron chi connectivity index (χ2n) is 4.67. The third kappa shape index (κ3) is 3.57.